The second-order valence-corrected chi connectivity index (χ2v) is 5.33. The van der Waals surface area contributed by atoms with E-state index in [1.165, 1.54) is 6.07 Å². The molecule has 0 aliphatic carbocycles. The number of amides is 2. The second-order valence-electron chi connectivity index (χ2n) is 4.90. The normalized spacial score (nSPS) is 19.3. The SMILES string of the molecule is CC1CCCCN1C(=O)c1ccc(Cl)cc1C(N)=O. The van der Waals surface area contributed by atoms with Crippen LogP contribution in [0.5, 0.6) is 0 Å². The molecular weight excluding hydrogens is 264 g/mol. The molecule has 1 fully saturated rings. The van der Waals surface area contributed by atoms with E-state index in [4.69, 9.17) is 17.3 Å². The lowest BCUT2D eigenvalue weighted by molar-refractivity contribution is 0.0632. The smallest absolute Gasteiger partial charge is 0.254 e. The predicted molar refractivity (Wildman–Crippen MR) is 74.3 cm³/mol. The van der Waals surface area contributed by atoms with Crippen molar-refractivity contribution in [1.29, 1.82) is 0 Å². The van der Waals surface area contributed by atoms with E-state index in [0.29, 0.717) is 10.6 Å². The zero-order valence-corrected chi connectivity index (χ0v) is 11.6. The monoisotopic (exact) mass is 280 g/mol. The number of primary amides is 1. The minimum Gasteiger partial charge on any atom is -0.366 e. The van der Waals surface area contributed by atoms with Crippen molar-refractivity contribution < 1.29 is 9.59 Å². The van der Waals surface area contributed by atoms with Crippen molar-refractivity contribution in [3.8, 4) is 0 Å². The summed E-state index contributed by atoms with van der Waals surface area (Å²) in [6, 6.07) is 4.82. The van der Waals surface area contributed by atoms with Crippen molar-refractivity contribution in [2.45, 2.75) is 32.2 Å². The third-order valence-electron chi connectivity index (χ3n) is 3.54. The summed E-state index contributed by atoms with van der Waals surface area (Å²) in [4.78, 5) is 25.8. The summed E-state index contributed by atoms with van der Waals surface area (Å²) in [7, 11) is 0. The van der Waals surface area contributed by atoms with Gasteiger partial charge < -0.3 is 10.6 Å². The highest BCUT2D eigenvalue weighted by molar-refractivity contribution is 6.31. The first-order valence-corrected chi connectivity index (χ1v) is 6.79. The van der Waals surface area contributed by atoms with Gasteiger partial charge in [-0.05, 0) is 44.4 Å². The van der Waals surface area contributed by atoms with E-state index >= 15 is 0 Å². The van der Waals surface area contributed by atoms with Crippen molar-refractivity contribution in [3.05, 3.63) is 34.3 Å². The van der Waals surface area contributed by atoms with Crippen LogP contribution in [0, 0.1) is 0 Å². The number of hydrogen-bond donors (Lipinski definition) is 1. The molecule has 1 aromatic carbocycles. The van der Waals surface area contributed by atoms with E-state index in [-0.39, 0.29) is 17.5 Å². The number of piperidine rings is 1. The highest BCUT2D eigenvalue weighted by atomic mass is 35.5. The zero-order valence-electron chi connectivity index (χ0n) is 10.9. The van der Waals surface area contributed by atoms with Crippen LogP contribution < -0.4 is 5.73 Å². The number of likely N-dealkylation sites (tertiary alicyclic amines) is 1. The molecule has 2 N–H and O–H groups in total. The first-order valence-electron chi connectivity index (χ1n) is 6.41. The third kappa shape index (κ3) is 2.89. The van der Waals surface area contributed by atoms with Crippen LogP contribution in [0.25, 0.3) is 0 Å². The van der Waals surface area contributed by atoms with Crippen LogP contribution in [0.4, 0.5) is 0 Å². The van der Waals surface area contributed by atoms with Gasteiger partial charge in [0.25, 0.3) is 5.91 Å². The highest BCUT2D eigenvalue weighted by Crippen LogP contribution is 2.22. The van der Waals surface area contributed by atoms with Crippen molar-refractivity contribution >= 4 is 23.4 Å². The molecule has 2 rings (SSSR count). The Bertz CT molecular complexity index is 516. The van der Waals surface area contributed by atoms with Gasteiger partial charge in [-0.3, -0.25) is 9.59 Å². The maximum absolute atomic E-state index is 12.5. The number of halogens is 1. The molecule has 0 radical (unpaired) electrons. The largest absolute Gasteiger partial charge is 0.366 e. The highest BCUT2D eigenvalue weighted by Gasteiger charge is 2.26. The molecule has 1 saturated heterocycles. The summed E-state index contributed by atoms with van der Waals surface area (Å²) in [5.74, 6) is -0.770. The number of carbonyl (C=O) groups excluding carboxylic acids is 2. The molecule has 1 aromatic rings. The molecule has 1 aliphatic heterocycles. The Morgan fingerprint density at radius 2 is 2.05 bits per heavy atom. The molecule has 0 bridgehead atoms. The molecule has 0 spiro atoms. The number of nitrogens with two attached hydrogens (primary N) is 1. The Morgan fingerprint density at radius 3 is 2.68 bits per heavy atom. The number of carbonyl (C=O) groups is 2. The summed E-state index contributed by atoms with van der Waals surface area (Å²) in [6.07, 6.45) is 3.12. The molecule has 2 amide bonds. The lowest BCUT2D eigenvalue weighted by atomic mass is 10.00. The molecule has 0 aromatic heterocycles. The molecule has 1 aliphatic rings. The van der Waals surface area contributed by atoms with Crippen molar-refractivity contribution in [2.75, 3.05) is 6.54 Å². The van der Waals surface area contributed by atoms with Crippen LogP contribution in [0.15, 0.2) is 18.2 Å². The second kappa shape index (κ2) is 5.61. The summed E-state index contributed by atoms with van der Waals surface area (Å²) >= 11 is 5.85. The number of hydrogen-bond acceptors (Lipinski definition) is 2. The lowest BCUT2D eigenvalue weighted by Crippen LogP contribution is -2.42. The summed E-state index contributed by atoms with van der Waals surface area (Å²) in [6.45, 7) is 2.75. The van der Waals surface area contributed by atoms with E-state index in [0.717, 1.165) is 25.8 Å². The van der Waals surface area contributed by atoms with Gasteiger partial charge in [0.15, 0.2) is 0 Å². The molecule has 1 heterocycles. The molecular formula is C14H17ClN2O2. The molecule has 0 saturated carbocycles. The summed E-state index contributed by atoms with van der Waals surface area (Å²) < 4.78 is 0. The standard InChI is InChI=1S/C14H17ClN2O2/c1-9-4-2-3-7-17(9)14(19)11-6-5-10(15)8-12(11)13(16)18/h5-6,8-9H,2-4,7H2,1H3,(H2,16,18). The van der Waals surface area contributed by atoms with Crippen LogP contribution in [-0.4, -0.2) is 29.3 Å². The van der Waals surface area contributed by atoms with E-state index in [2.05, 4.69) is 0 Å². The van der Waals surface area contributed by atoms with E-state index in [1.807, 2.05) is 6.92 Å². The van der Waals surface area contributed by atoms with Crippen molar-refractivity contribution in [2.24, 2.45) is 5.73 Å². The Labute approximate surface area is 117 Å². The van der Waals surface area contributed by atoms with Gasteiger partial charge in [-0.25, -0.2) is 0 Å². The van der Waals surface area contributed by atoms with Gasteiger partial charge in [-0.1, -0.05) is 11.6 Å². The van der Waals surface area contributed by atoms with Gasteiger partial charge in [0.05, 0.1) is 11.1 Å². The number of benzene rings is 1. The summed E-state index contributed by atoms with van der Waals surface area (Å²) in [5, 5.41) is 0.400. The van der Waals surface area contributed by atoms with Crippen molar-refractivity contribution in [3.63, 3.8) is 0 Å². The first-order chi connectivity index (χ1) is 9.00. The van der Waals surface area contributed by atoms with Gasteiger partial charge in [0.1, 0.15) is 0 Å². The maximum Gasteiger partial charge on any atom is 0.254 e. The van der Waals surface area contributed by atoms with Gasteiger partial charge in [-0.15, -0.1) is 0 Å². The fraction of sp³-hybridized carbons (Fsp3) is 0.429. The lowest BCUT2D eigenvalue weighted by Gasteiger charge is -2.33. The van der Waals surface area contributed by atoms with Gasteiger partial charge in [0, 0.05) is 17.6 Å². The summed E-state index contributed by atoms with van der Waals surface area (Å²) in [5.41, 5.74) is 5.85. The average molecular weight is 281 g/mol. The van der Waals surface area contributed by atoms with Crippen LogP contribution in [-0.2, 0) is 0 Å². The van der Waals surface area contributed by atoms with Crippen LogP contribution >= 0.6 is 11.6 Å². The Balaban J connectivity index is 2.35. The Kier molecular flexibility index (Phi) is 4.10. The Hall–Kier alpha value is -1.55. The quantitative estimate of drug-likeness (QED) is 0.904. The Morgan fingerprint density at radius 1 is 1.32 bits per heavy atom. The number of rotatable bonds is 2. The minimum absolute atomic E-state index is 0.141. The van der Waals surface area contributed by atoms with Gasteiger partial charge >= 0.3 is 0 Å². The molecule has 4 nitrogen and oxygen atoms in total. The van der Waals surface area contributed by atoms with E-state index in [9.17, 15) is 9.59 Å². The average Bonchev–Trinajstić information content (AvgIpc) is 2.38. The number of nitrogens with zero attached hydrogens (tertiary/aromatic N) is 1. The van der Waals surface area contributed by atoms with Gasteiger partial charge in [0.2, 0.25) is 5.91 Å². The van der Waals surface area contributed by atoms with Crippen LogP contribution in [0.3, 0.4) is 0 Å². The third-order valence-corrected chi connectivity index (χ3v) is 3.78. The topological polar surface area (TPSA) is 63.4 Å². The van der Waals surface area contributed by atoms with E-state index < -0.39 is 5.91 Å². The fourth-order valence-electron chi connectivity index (χ4n) is 2.46. The minimum atomic E-state index is -0.629. The van der Waals surface area contributed by atoms with Crippen LogP contribution in [0.1, 0.15) is 46.9 Å². The zero-order chi connectivity index (χ0) is 14.0. The molecule has 19 heavy (non-hydrogen) atoms. The van der Waals surface area contributed by atoms with E-state index in [1.54, 1.807) is 17.0 Å². The molecule has 5 heteroatoms. The van der Waals surface area contributed by atoms with Gasteiger partial charge in [-0.2, -0.15) is 0 Å². The fourth-order valence-corrected chi connectivity index (χ4v) is 2.63. The van der Waals surface area contributed by atoms with Crippen LogP contribution in [0.2, 0.25) is 5.02 Å². The molecule has 1 atom stereocenters. The first kappa shape index (κ1) is 13.9. The maximum atomic E-state index is 12.5. The predicted octanol–water partition coefficient (Wildman–Crippen LogP) is 2.45. The van der Waals surface area contributed by atoms with Crippen molar-refractivity contribution in [1.82, 2.24) is 4.90 Å². The molecule has 102 valence electrons. The molecule has 1 unspecified atom stereocenters.